The molecule has 0 fully saturated rings. The van der Waals surface area contributed by atoms with E-state index in [0.29, 0.717) is 46.7 Å². The summed E-state index contributed by atoms with van der Waals surface area (Å²) in [4.78, 5) is 40.0. The molecule has 2 amide bonds. The van der Waals surface area contributed by atoms with Gasteiger partial charge in [0.15, 0.2) is 6.17 Å². The molecule has 0 saturated heterocycles. The average Bonchev–Trinajstić information content (AvgIpc) is 3.30. The lowest BCUT2D eigenvalue weighted by atomic mass is 10.2. The smallest absolute Gasteiger partial charge is 0.261 e. The number of nitrogens with one attached hydrogen (secondary N) is 5. The molecular weight excluding hydrogens is 457 g/mol. The second kappa shape index (κ2) is 10.3. The highest BCUT2D eigenvalue weighted by Gasteiger charge is 2.25. The molecule has 1 aliphatic heterocycles. The number of H-pyrrole nitrogens is 1. The summed E-state index contributed by atoms with van der Waals surface area (Å²) in [5, 5.41) is 20.0. The van der Waals surface area contributed by atoms with Crippen molar-refractivity contribution in [3.05, 3.63) is 54.2 Å². The highest BCUT2D eigenvalue weighted by Crippen LogP contribution is 2.29. The van der Waals surface area contributed by atoms with E-state index in [4.69, 9.17) is 10.8 Å². The van der Waals surface area contributed by atoms with Crippen LogP contribution in [0.1, 0.15) is 12.6 Å². The summed E-state index contributed by atoms with van der Waals surface area (Å²) in [7, 11) is 0. The number of benzene rings is 1. The van der Waals surface area contributed by atoms with Gasteiger partial charge in [0.05, 0.1) is 17.1 Å². The molecule has 4 rings (SSSR count). The van der Waals surface area contributed by atoms with Crippen molar-refractivity contribution in [2.75, 3.05) is 18.5 Å². The van der Waals surface area contributed by atoms with E-state index in [1.54, 1.807) is 37.5 Å². The number of carbonyl (C=O) groups excluding carboxylic acids is 2. The van der Waals surface area contributed by atoms with Crippen LogP contribution in [0.5, 0.6) is 0 Å². The molecule has 1 aromatic carbocycles. The van der Waals surface area contributed by atoms with Gasteiger partial charge in [-0.3, -0.25) is 9.59 Å². The number of aromatic nitrogens is 4. The van der Waals surface area contributed by atoms with Crippen molar-refractivity contribution in [2.45, 2.75) is 19.1 Å². The lowest BCUT2D eigenvalue weighted by molar-refractivity contribution is -0.124. The number of anilines is 1. The molecule has 0 aliphatic carbocycles. The molecule has 0 spiro atoms. The average molecular weight is 481 g/mol. The molecule has 12 nitrogen and oxygen atoms in total. The van der Waals surface area contributed by atoms with Gasteiger partial charge in [-0.15, -0.1) is 0 Å². The van der Waals surface area contributed by atoms with E-state index in [9.17, 15) is 14.0 Å². The summed E-state index contributed by atoms with van der Waals surface area (Å²) in [5.74, 6) is -0.562. The van der Waals surface area contributed by atoms with Crippen molar-refractivity contribution in [1.82, 2.24) is 35.9 Å². The minimum absolute atomic E-state index is 0.285. The van der Waals surface area contributed by atoms with Crippen molar-refractivity contribution in [1.29, 1.82) is 0 Å². The normalized spacial score (nSPS) is 16.1. The molecule has 35 heavy (non-hydrogen) atoms. The van der Waals surface area contributed by atoms with E-state index in [-0.39, 0.29) is 11.9 Å². The SMILES string of the molecule is C[C@H](CNc1nccc(-c2[nH]c(-c3ccc(F)cc3)nc2C2=CNC(N)C(=O)N2)n1)NC(=O)CO. The quantitative estimate of drug-likeness (QED) is 0.231. The van der Waals surface area contributed by atoms with Gasteiger partial charge < -0.3 is 37.1 Å². The second-order valence-electron chi connectivity index (χ2n) is 7.78. The summed E-state index contributed by atoms with van der Waals surface area (Å²) >= 11 is 0. The number of halogens is 1. The van der Waals surface area contributed by atoms with Crippen LogP contribution in [0.2, 0.25) is 0 Å². The summed E-state index contributed by atoms with van der Waals surface area (Å²) in [6.45, 7) is 1.48. The maximum absolute atomic E-state index is 13.4. The summed E-state index contributed by atoms with van der Waals surface area (Å²) in [6, 6.07) is 7.19. The summed E-state index contributed by atoms with van der Waals surface area (Å²) in [5.41, 5.74) is 8.05. The first-order valence-electron chi connectivity index (χ1n) is 10.7. The third kappa shape index (κ3) is 5.59. The van der Waals surface area contributed by atoms with E-state index in [1.807, 2.05) is 0 Å². The number of hydrogen-bond acceptors (Lipinski definition) is 9. The fraction of sp³-hybridized carbons (Fsp3) is 0.227. The predicted octanol–water partition coefficient (Wildman–Crippen LogP) is -0.116. The number of aliphatic hydroxyl groups excluding tert-OH is 1. The molecule has 3 aromatic rings. The van der Waals surface area contributed by atoms with Crippen molar-refractivity contribution in [2.24, 2.45) is 5.73 Å². The fourth-order valence-corrected chi connectivity index (χ4v) is 3.32. The molecule has 1 aliphatic rings. The topological polar surface area (TPSA) is 183 Å². The van der Waals surface area contributed by atoms with Gasteiger partial charge in [-0.1, -0.05) is 0 Å². The van der Waals surface area contributed by atoms with Gasteiger partial charge >= 0.3 is 0 Å². The van der Waals surface area contributed by atoms with Crippen LogP contribution in [-0.2, 0) is 9.59 Å². The Hall–Kier alpha value is -4.36. The van der Waals surface area contributed by atoms with Gasteiger partial charge in [0.2, 0.25) is 11.9 Å². The van der Waals surface area contributed by atoms with Crippen LogP contribution in [0.4, 0.5) is 10.3 Å². The Morgan fingerprint density at radius 2 is 2.03 bits per heavy atom. The maximum Gasteiger partial charge on any atom is 0.261 e. The Labute approximate surface area is 199 Å². The molecule has 0 saturated carbocycles. The number of nitrogens with zero attached hydrogens (tertiary/aromatic N) is 3. The number of aliphatic hydroxyl groups is 1. The molecule has 1 unspecified atom stereocenters. The monoisotopic (exact) mass is 481 g/mol. The Kier molecular flexibility index (Phi) is 6.98. The predicted molar refractivity (Wildman–Crippen MR) is 125 cm³/mol. The number of imidazole rings is 1. The minimum atomic E-state index is -0.888. The first-order chi connectivity index (χ1) is 16.8. The molecule has 3 heterocycles. The van der Waals surface area contributed by atoms with E-state index in [0.717, 1.165) is 0 Å². The van der Waals surface area contributed by atoms with Crippen LogP contribution in [0.3, 0.4) is 0 Å². The lowest BCUT2D eigenvalue weighted by Crippen LogP contribution is -2.51. The largest absolute Gasteiger partial charge is 0.387 e. The van der Waals surface area contributed by atoms with Crippen molar-refractivity contribution in [3.63, 3.8) is 0 Å². The molecule has 13 heteroatoms. The fourth-order valence-electron chi connectivity index (χ4n) is 3.32. The zero-order valence-electron chi connectivity index (χ0n) is 18.7. The molecular formula is C22H24FN9O3. The highest BCUT2D eigenvalue weighted by molar-refractivity contribution is 5.93. The standard InChI is InChI=1S/C22H24FN9O3/c1-11(28-16(34)10-33)8-27-22-25-7-6-14(30-22)17-18(15-9-26-19(24)21(35)29-15)32-20(31-17)12-2-4-13(23)5-3-12/h2-7,9,11,19,26,33H,8,10,24H2,1H3,(H,28,34)(H,29,35)(H,31,32)(H,25,27,30)/t11-,19?/m1/s1. The first kappa shape index (κ1) is 23.8. The Balaban J connectivity index is 1.66. The highest BCUT2D eigenvalue weighted by atomic mass is 19.1. The van der Waals surface area contributed by atoms with E-state index in [2.05, 4.69) is 41.2 Å². The third-order valence-electron chi connectivity index (χ3n) is 5.05. The van der Waals surface area contributed by atoms with E-state index < -0.39 is 24.6 Å². The lowest BCUT2D eigenvalue weighted by Gasteiger charge is -2.20. The van der Waals surface area contributed by atoms with Crippen LogP contribution >= 0.6 is 0 Å². The van der Waals surface area contributed by atoms with E-state index >= 15 is 0 Å². The number of aromatic amines is 1. The van der Waals surface area contributed by atoms with Gasteiger partial charge in [0, 0.05) is 30.5 Å². The third-order valence-corrected chi connectivity index (χ3v) is 5.05. The van der Waals surface area contributed by atoms with Crippen molar-refractivity contribution >= 4 is 23.5 Å². The zero-order valence-corrected chi connectivity index (χ0v) is 18.7. The van der Waals surface area contributed by atoms with E-state index in [1.165, 1.54) is 12.1 Å². The van der Waals surface area contributed by atoms with Crippen molar-refractivity contribution in [3.8, 4) is 22.8 Å². The second-order valence-corrected chi connectivity index (χ2v) is 7.78. The molecule has 182 valence electrons. The van der Waals surface area contributed by atoms with Crippen LogP contribution in [0.25, 0.3) is 28.5 Å². The Bertz CT molecular complexity index is 1260. The van der Waals surface area contributed by atoms with Gasteiger partial charge in [0.25, 0.3) is 5.91 Å². The molecule has 8 N–H and O–H groups in total. The van der Waals surface area contributed by atoms with Crippen LogP contribution in [0, 0.1) is 5.82 Å². The first-order valence-corrected chi connectivity index (χ1v) is 10.7. The number of hydrogen-bond donors (Lipinski definition) is 7. The van der Waals surface area contributed by atoms with Crippen LogP contribution in [-0.4, -0.2) is 62.2 Å². The van der Waals surface area contributed by atoms with Crippen LogP contribution < -0.4 is 27.0 Å². The number of nitrogens with two attached hydrogens (primary N) is 1. The summed E-state index contributed by atoms with van der Waals surface area (Å²) in [6.07, 6.45) is 2.21. The van der Waals surface area contributed by atoms with Gasteiger partial charge in [-0.2, -0.15) is 0 Å². The number of rotatable bonds is 8. The minimum Gasteiger partial charge on any atom is -0.387 e. The number of carbonyl (C=O) groups is 2. The molecule has 0 radical (unpaired) electrons. The Morgan fingerprint density at radius 1 is 1.26 bits per heavy atom. The molecule has 2 atom stereocenters. The Morgan fingerprint density at radius 3 is 2.74 bits per heavy atom. The van der Waals surface area contributed by atoms with Crippen LogP contribution in [0.15, 0.2) is 42.7 Å². The van der Waals surface area contributed by atoms with Gasteiger partial charge in [0.1, 0.15) is 23.9 Å². The number of amides is 2. The van der Waals surface area contributed by atoms with Gasteiger partial charge in [-0.25, -0.2) is 19.3 Å². The molecule has 0 bridgehead atoms. The zero-order chi connectivity index (χ0) is 24.9. The van der Waals surface area contributed by atoms with Crippen molar-refractivity contribution < 1.29 is 19.1 Å². The maximum atomic E-state index is 13.4. The molecule has 2 aromatic heterocycles. The summed E-state index contributed by atoms with van der Waals surface area (Å²) < 4.78 is 13.4. The van der Waals surface area contributed by atoms with Gasteiger partial charge in [-0.05, 0) is 37.3 Å².